The van der Waals surface area contributed by atoms with Gasteiger partial charge in [-0.15, -0.1) is 0 Å². The smallest absolute Gasteiger partial charge is 0.164 e. The van der Waals surface area contributed by atoms with Crippen molar-refractivity contribution in [3.63, 3.8) is 0 Å². The van der Waals surface area contributed by atoms with Crippen molar-refractivity contribution < 1.29 is 0 Å². The number of allylic oxidation sites excluding steroid dienone is 12. The average Bonchev–Trinajstić information content (AvgIpc) is 3.17. The van der Waals surface area contributed by atoms with Gasteiger partial charge in [-0.1, -0.05) is 152 Å². The monoisotopic (exact) mass is 611 g/mol. The summed E-state index contributed by atoms with van der Waals surface area (Å²) < 4.78 is 0. The summed E-state index contributed by atoms with van der Waals surface area (Å²) in [5.74, 6) is 2.60. The van der Waals surface area contributed by atoms with Crippen LogP contribution in [0.1, 0.15) is 5.82 Å². The molecular weight excluding hydrogens is 583 g/mol. The van der Waals surface area contributed by atoms with Crippen molar-refractivity contribution in [2.75, 3.05) is 0 Å². The predicted octanol–water partition coefficient (Wildman–Crippen LogP) is 11.0. The van der Waals surface area contributed by atoms with E-state index in [0.29, 0.717) is 23.4 Å². The Morgan fingerprint density at radius 3 is 1.88 bits per heavy atom. The third-order valence-electron chi connectivity index (χ3n) is 10.0. The van der Waals surface area contributed by atoms with E-state index in [1.54, 1.807) is 0 Å². The number of hydrogen-bond acceptors (Lipinski definition) is 3. The van der Waals surface area contributed by atoms with E-state index < -0.39 is 0 Å². The van der Waals surface area contributed by atoms with Crippen LogP contribution in [0.3, 0.4) is 0 Å². The Kier molecular flexibility index (Phi) is 6.00. The molecule has 10 rings (SSSR count). The zero-order valence-corrected chi connectivity index (χ0v) is 26.1. The van der Waals surface area contributed by atoms with Crippen molar-refractivity contribution in [1.29, 1.82) is 0 Å². The summed E-state index contributed by atoms with van der Waals surface area (Å²) >= 11 is 0. The molecule has 224 valence electrons. The zero-order valence-electron chi connectivity index (χ0n) is 26.1. The van der Waals surface area contributed by atoms with E-state index in [0.717, 1.165) is 22.1 Å². The van der Waals surface area contributed by atoms with Crippen molar-refractivity contribution in [3.8, 4) is 22.8 Å². The average molecular weight is 612 g/mol. The standard InChI is InChI=1S/C45H29N3/c1-2-11-31(12-3-1)43-46-44(48-45(47-43)40-27-32-13-5-6-14-35(32)38-16-8-9-17-39(38)40)34-24-25-37-33(26-34)23-22-30-21-20-29-19-18-28-10-4-7-15-36(28)41(29)42(30)37/h1-27,35,38H. The number of hydrogen-bond donors (Lipinski definition) is 0. The van der Waals surface area contributed by atoms with Gasteiger partial charge in [-0.3, -0.25) is 0 Å². The number of aromatic nitrogens is 3. The molecule has 0 amide bonds. The van der Waals surface area contributed by atoms with Crippen LogP contribution in [0.25, 0.3) is 71.4 Å². The highest BCUT2D eigenvalue weighted by Crippen LogP contribution is 2.44. The van der Waals surface area contributed by atoms with Crippen molar-refractivity contribution >= 4 is 48.7 Å². The molecule has 0 fully saturated rings. The Morgan fingerprint density at radius 1 is 0.438 bits per heavy atom. The zero-order chi connectivity index (χ0) is 31.6. The van der Waals surface area contributed by atoms with E-state index in [2.05, 4.69) is 146 Å². The second kappa shape index (κ2) is 10.7. The van der Waals surface area contributed by atoms with Gasteiger partial charge in [0.1, 0.15) is 0 Å². The van der Waals surface area contributed by atoms with Crippen molar-refractivity contribution in [1.82, 2.24) is 15.0 Å². The molecule has 0 N–H and O–H groups in total. The number of fused-ring (bicyclic) bond motifs is 10. The lowest BCUT2D eigenvalue weighted by Crippen LogP contribution is -2.22. The van der Waals surface area contributed by atoms with Crippen molar-refractivity contribution in [2.24, 2.45) is 11.8 Å². The van der Waals surface area contributed by atoms with E-state index in [4.69, 9.17) is 15.0 Å². The number of rotatable bonds is 3. The molecule has 0 bridgehead atoms. The van der Waals surface area contributed by atoms with Crippen LogP contribution >= 0.6 is 0 Å². The summed E-state index contributed by atoms with van der Waals surface area (Å²) in [5.41, 5.74) is 5.51. The van der Waals surface area contributed by atoms with Gasteiger partial charge >= 0.3 is 0 Å². The molecule has 0 saturated heterocycles. The van der Waals surface area contributed by atoms with Gasteiger partial charge in [0.15, 0.2) is 17.5 Å². The van der Waals surface area contributed by atoms with E-state index in [1.807, 2.05) is 18.2 Å². The first-order chi connectivity index (χ1) is 23.8. The highest BCUT2D eigenvalue weighted by Gasteiger charge is 2.31. The molecule has 7 aromatic rings. The van der Waals surface area contributed by atoms with Crippen LogP contribution in [0, 0.1) is 11.8 Å². The van der Waals surface area contributed by atoms with Crippen LogP contribution in [0.2, 0.25) is 0 Å². The summed E-state index contributed by atoms with van der Waals surface area (Å²) in [5, 5.41) is 9.98. The SMILES string of the molecule is C1=CC2=CC(c3nc(-c4ccccc4)nc(-c4ccc5c(ccc6ccc7ccc8ccccc8c7c65)c4)n3)=C3C=CC=CC3C2C=C1. The molecule has 0 saturated carbocycles. The Bertz CT molecular complexity index is 2660. The maximum atomic E-state index is 5.22. The van der Waals surface area contributed by atoms with Gasteiger partial charge in [-0.05, 0) is 66.4 Å². The van der Waals surface area contributed by atoms with E-state index in [9.17, 15) is 0 Å². The van der Waals surface area contributed by atoms with Crippen molar-refractivity contribution in [3.05, 3.63) is 181 Å². The number of benzene rings is 6. The summed E-state index contributed by atoms with van der Waals surface area (Å²) in [6.07, 6.45) is 19.9. The second-order valence-electron chi connectivity index (χ2n) is 12.8. The molecular formula is C45H29N3. The summed E-state index contributed by atoms with van der Waals surface area (Å²) in [6, 6.07) is 39.0. The minimum atomic E-state index is 0.242. The van der Waals surface area contributed by atoms with E-state index >= 15 is 0 Å². The summed E-state index contributed by atoms with van der Waals surface area (Å²) in [4.78, 5) is 15.4. The molecule has 3 aliphatic rings. The van der Waals surface area contributed by atoms with Gasteiger partial charge < -0.3 is 0 Å². The first-order valence-corrected chi connectivity index (χ1v) is 16.5. The molecule has 3 heteroatoms. The Labute approximate surface area is 278 Å². The van der Waals surface area contributed by atoms with Gasteiger partial charge in [-0.25, -0.2) is 15.0 Å². The molecule has 48 heavy (non-hydrogen) atoms. The fourth-order valence-electron chi connectivity index (χ4n) is 7.76. The van der Waals surface area contributed by atoms with E-state index in [-0.39, 0.29) is 5.92 Å². The highest BCUT2D eigenvalue weighted by molar-refractivity contribution is 6.27. The van der Waals surface area contributed by atoms with Crippen molar-refractivity contribution in [2.45, 2.75) is 0 Å². The van der Waals surface area contributed by atoms with Crippen LogP contribution < -0.4 is 0 Å². The minimum absolute atomic E-state index is 0.242. The maximum absolute atomic E-state index is 5.22. The topological polar surface area (TPSA) is 38.7 Å². The minimum Gasteiger partial charge on any atom is -0.208 e. The fourth-order valence-corrected chi connectivity index (χ4v) is 7.76. The largest absolute Gasteiger partial charge is 0.208 e. The van der Waals surface area contributed by atoms with Crippen LogP contribution in [-0.2, 0) is 0 Å². The van der Waals surface area contributed by atoms with Gasteiger partial charge in [-0.2, -0.15) is 0 Å². The molecule has 1 aromatic heterocycles. The first kappa shape index (κ1) is 27.0. The second-order valence-corrected chi connectivity index (χ2v) is 12.8. The Balaban J connectivity index is 1.19. The Hall–Kier alpha value is -6.19. The lowest BCUT2D eigenvalue weighted by molar-refractivity contribution is 0.617. The quantitative estimate of drug-likeness (QED) is 0.187. The lowest BCUT2D eigenvalue weighted by Gasteiger charge is -2.32. The molecule has 3 aliphatic carbocycles. The fraction of sp³-hybridized carbons (Fsp3) is 0.0444. The first-order valence-electron chi connectivity index (χ1n) is 16.5. The maximum Gasteiger partial charge on any atom is 0.164 e. The number of nitrogens with zero attached hydrogens (tertiary/aromatic N) is 3. The van der Waals surface area contributed by atoms with Gasteiger partial charge in [0.2, 0.25) is 0 Å². The van der Waals surface area contributed by atoms with Gasteiger partial charge in [0.05, 0.1) is 0 Å². The third-order valence-corrected chi connectivity index (χ3v) is 10.0. The van der Waals surface area contributed by atoms with Crippen LogP contribution in [-0.4, -0.2) is 15.0 Å². The normalized spacial score (nSPS) is 18.1. The molecule has 1 heterocycles. The molecule has 0 spiro atoms. The molecule has 6 aromatic carbocycles. The van der Waals surface area contributed by atoms with Gasteiger partial charge in [0.25, 0.3) is 0 Å². The van der Waals surface area contributed by atoms with Crippen LogP contribution in [0.4, 0.5) is 0 Å². The van der Waals surface area contributed by atoms with Crippen LogP contribution in [0.5, 0.6) is 0 Å². The lowest BCUT2D eigenvalue weighted by atomic mass is 9.71. The summed E-state index contributed by atoms with van der Waals surface area (Å²) in [7, 11) is 0. The Morgan fingerprint density at radius 2 is 1.06 bits per heavy atom. The highest BCUT2D eigenvalue weighted by atomic mass is 15.0. The third kappa shape index (κ3) is 4.25. The van der Waals surface area contributed by atoms with Gasteiger partial charge in [0, 0.05) is 28.5 Å². The predicted molar refractivity (Wildman–Crippen MR) is 199 cm³/mol. The molecule has 0 aliphatic heterocycles. The molecule has 2 atom stereocenters. The van der Waals surface area contributed by atoms with E-state index in [1.165, 1.54) is 48.8 Å². The molecule has 3 nitrogen and oxygen atoms in total. The molecule has 2 unspecified atom stereocenters. The summed E-state index contributed by atoms with van der Waals surface area (Å²) in [6.45, 7) is 0. The molecule has 0 radical (unpaired) electrons. The van der Waals surface area contributed by atoms with Crippen LogP contribution in [0.15, 0.2) is 175 Å².